The molecule has 5 heteroatoms. The van der Waals surface area contributed by atoms with Gasteiger partial charge in [-0.05, 0) is 11.1 Å². The van der Waals surface area contributed by atoms with Gasteiger partial charge in [-0.25, -0.2) is 0 Å². The Labute approximate surface area is 123 Å². The molecule has 1 aliphatic carbocycles. The van der Waals surface area contributed by atoms with Gasteiger partial charge in [0.1, 0.15) is 0 Å². The highest BCUT2D eigenvalue weighted by molar-refractivity contribution is 7.99. The zero-order chi connectivity index (χ0) is 13.9. The van der Waals surface area contributed by atoms with Crippen LogP contribution in [0.1, 0.15) is 23.6 Å². The van der Waals surface area contributed by atoms with Crippen LogP contribution in [0.25, 0.3) is 0 Å². The van der Waals surface area contributed by atoms with Gasteiger partial charge < -0.3 is 15.7 Å². The van der Waals surface area contributed by atoms with Gasteiger partial charge in [0, 0.05) is 36.9 Å². The number of fused-ring (bicyclic) bond motifs is 1. The minimum absolute atomic E-state index is 0.0192. The molecule has 20 heavy (non-hydrogen) atoms. The molecule has 3 rings (SSSR count). The van der Waals surface area contributed by atoms with Crippen molar-refractivity contribution in [1.29, 1.82) is 0 Å². The Morgan fingerprint density at radius 1 is 1.45 bits per heavy atom. The lowest BCUT2D eigenvalue weighted by atomic mass is 10.1. The van der Waals surface area contributed by atoms with Gasteiger partial charge in [0.05, 0.1) is 12.1 Å². The van der Waals surface area contributed by atoms with Gasteiger partial charge in [0.25, 0.3) is 0 Å². The number of hydrogen-bond acceptors (Lipinski definition) is 4. The van der Waals surface area contributed by atoms with Crippen LogP contribution in [0, 0.1) is 0 Å². The van der Waals surface area contributed by atoms with Crippen LogP contribution in [0.4, 0.5) is 0 Å². The van der Waals surface area contributed by atoms with Crippen LogP contribution in [0.15, 0.2) is 24.3 Å². The molecule has 1 aliphatic heterocycles. The second kappa shape index (κ2) is 6.16. The summed E-state index contributed by atoms with van der Waals surface area (Å²) in [6.07, 6.45) is 0.599. The van der Waals surface area contributed by atoms with Gasteiger partial charge in [0.2, 0.25) is 5.91 Å². The standard InChI is InChI=1S/C15H20N2O2S/c18-13-7-10-3-1-2-4-12(10)15(13)17-14(19)8-11-9-20-6-5-16-11/h1-4,11,13,15-16,18H,5-9H2,(H,17,19)/t11?,13-,15+/m0/s1. The molecule has 1 saturated heterocycles. The zero-order valence-corrected chi connectivity index (χ0v) is 12.2. The van der Waals surface area contributed by atoms with Crippen LogP contribution in [0.5, 0.6) is 0 Å². The third kappa shape index (κ3) is 3.00. The summed E-state index contributed by atoms with van der Waals surface area (Å²) in [5.74, 6) is 2.12. The average Bonchev–Trinajstić information content (AvgIpc) is 2.76. The second-order valence-electron chi connectivity index (χ2n) is 5.45. The number of hydrogen-bond donors (Lipinski definition) is 3. The van der Waals surface area contributed by atoms with Gasteiger partial charge in [-0.15, -0.1) is 0 Å². The lowest BCUT2D eigenvalue weighted by molar-refractivity contribution is -0.123. The molecule has 4 nitrogen and oxygen atoms in total. The molecule has 1 fully saturated rings. The van der Waals surface area contributed by atoms with E-state index in [-0.39, 0.29) is 18.0 Å². The molecule has 3 atom stereocenters. The maximum Gasteiger partial charge on any atom is 0.222 e. The van der Waals surface area contributed by atoms with Crippen LogP contribution in [-0.4, -0.2) is 41.2 Å². The number of benzene rings is 1. The highest BCUT2D eigenvalue weighted by atomic mass is 32.2. The number of carbonyl (C=O) groups is 1. The molecule has 1 unspecified atom stereocenters. The van der Waals surface area contributed by atoms with E-state index in [1.54, 1.807) is 0 Å². The summed E-state index contributed by atoms with van der Waals surface area (Å²) < 4.78 is 0. The predicted octanol–water partition coefficient (Wildman–Crippen LogP) is 0.856. The van der Waals surface area contributed by atoms with E-state index in [0.717, 1.165) is 29.2 Å². The van der Waals surface area contributed by atoms with Crippen LogP contribution < -0.4 is 10.6 Å². The fourth-order valence-corrected chi connectivity index (χ4v) is 3.90. The summed E-state index contributed by atoms with van der Waals surface area (Å²) in [7, 11) is 0. The maximum atomic E-state index is 12.2. The summed E-state index contributed by atoms with van der Waals surface area (Å²) in [4.78, 5) is 12.2. The molecular weight excluding hydrogens is 272 g/mol. The molecule has 3 N–H and O–H groups in total. The van der Waals surface area contributed by atoms with Crippen molar-refractivity contribution in [2.24, 2.45) is 0 Å². The van der Waals surface area contributed by atoms with Gasteiger partial charge >= 0.3 is 0 Å². The largest absolute Gasteiger partial charge is 0.390 e. The van der Waals surface area contributed by atoms with Crippen molar-refractivity contribution in [3.05, 3.63) is 35.4 Å². The number of amides is 1. The lowest BCUT2D eigenvalue weighted by Crippen LogP contribution is -2.43. The Morgan fingerprint density at radius 3 is 3.10 bits per heavy atom. The van der Waals surface area contributed by atoms with E-state index in [1.807, 2.05) is 36.0 Å². The van der Waals surface area contributed by atoms with E-state index in [0.29, 0.717) is 12.8 Å². The SMILES string of the molecule is O=C(CC1CSCCN1)N[C@@H]1c2ccccc2C[C@@H]1O. The van der Waals surface area contributed by atoms with Gasteiger partial charge in [-0.3, -0.25) is 4.79 Å². The van der Waals surface area contributed by atoms with E-state index < -0.39 is 6.10 Å². The number of rotatable bonds is 3. The number of aliphatic hydroxyl groups is 1. The minimum atomic E-state index is -0.509. The fraction of sp³-hybridized carbons (Fsp3) is 0.533. The van der Waals surface area contributed by atoms with Crippen LogP contribution in [-0.2, 0) is 11.2 Å². The minimum Gasteiger partial charge on any atom is -0.390 e. The molecule has 0 aromatic heterocycles. The number of aliphatic hydroxyl groups excluding tert-OH is 1. The number of carbonyl (C=O) groups excluding carboxylic acids is 1. The summed E-state index contributed by atoms with van der Waals surface area (Å²) in [6.45, 7) is 0.970. The fourth-order valence-electron chi connectivity index (χ4n) is 2.95. The van der Waals surface area contributed by atoms with Crippen LogP contribution in [0.3, 0.4) is 0 Å². The Hall–Kier alpha value is -1.04. The van der Waals surface area contributed by atoms with Crippen molar-refractivity contribution in [1.82, 2.24) is 10.6 Å². The summed E-state index contributed by atoms with van der Waals surface area (Å²) in [5.41, 5.74) is 2.19. The van der Waals surface area contributed by atoms with E-state index in [4.69, 9.17) is 0 Å². The van der Waals surface area contributed by atoms with Gasteiger partial charge in [-0.2, -0.15) is 11.8 Å². The van der Waals surface area contributed by atoms with Crippen molar-refractivity contribution in [2.45, 2.75) is 31.0 Å². The predicted molar refractivity (Wildman–Crippen MR) is 80.8 cm³/mol. The van der Waals surface area contributed by atoms with Crippen molar-refractivity contribution in [2.75, 3.05) is 18.1 Å². The molecule has 1 heterocycles. The molecule has 0 radical (unpaired) electrons. The summed E-state index contributed by atoms with van der Waals surface area (Å²) in [5, 5.41) is 16.5. The topological polar surface area (TPSA) is 61.4 Å². The quantitative estimate of drug-likeness (QED) is 0.773. The normalized spacial score (nSPS) is 28.9. The van der Waals surface area contributed by atoms with E-state index >= 15 is 0 Å². The van der Waals surface area contributed by atoms with Crippen molar-refractivity contribution in [3.63, 3.8) is 0 Å². The van der Waals surface area contributed by atoms with E-state index in [1.165, 1.54) is 0 Å². The number of thioether (sulfide) groups is 1. The third-order valence-corrected chi connectivity index (χ3v) is 5.08. The highest BCUT2D eigenvalue weighted by Gasteiger charge is 2.32. The zero-order valence-electron chi connectivity index (χ0n) is 11.3. The smallest absolute Gasteiger partial charge is 0.222 e. The molecule has 1 amide bonds. The Kier molecular flexibility index (Phi) is 4.29. The van der Waals surface area contributed by atoms with Crippen LogP contribution in [0.2, 0.25) is 0 Å². The Morgan fingerprint density at radius 2 is 2.30 bits per heavy atom. The van der Waals surface area contributed by atoms with Crippen molar-refractivity contribution >= 4 is 17.7 Å². The first-order chi connectivity index (χ1) is 9.74. The lowest BCUT2D eigenvalue weighted by Gasteiger charge is -2.24. The first kappa shape index (κ1) is 13.9. The van der Waals surface area contributed by atoms with Crippen molar-refractivity contribution < 1.29 is 9.90 Å². The molecule has 1 aromatic carbocycles. The maximum absolute atomic E-state index is 12.2. The molecule has 2 aliphatic rings. The molecule has 0 bridgehead atoms. The molecule has 108 valence electrons. The van der Waals surface area contributed by atoms with Gasteiger partial charge in [0.15, 0.2) is 0 Å². The molecule has 0 saturated carbocycles. The molecule has 1 aromatic rings. The Bertz CT molecular complexity index is 489. The molecule has 0 spiro atoms. The first-order valence-corrected chi connectivity index (χ1v) is 8.26. The highest BCUT2D eigenvalue weighted by Crippen LogP contribution is 2.31. The first-order valence-electron chi connectivity index (χ1n) is 7.10. The van der Waals surface area contributed by atoms with Crippen molar-refractivity contribution in [3.8, 4) is 0 Å². The van der Waals surface area contributed by atoms with E-state index in [9.17, 15) is 9.90 Å². The average molecular weight is 292 g/mol. The van der Waals surface area contributed by atoms with Crippen LogP contribution >= 0.6 is 11.8 Å². The van der Waals surface area contributed by atoms with Gasteiger partial charge in [-0.1, -0.05) is 24.3 Å². The monoisotopic (exact) mass is 292 g/mol. The van der Waals surface area contributed by atoms with E-state index in [2.05, 4.69) is 10.6 Å². The summed E-state index contributed by atoms with van der Waals surface area (Å²) in [6, 6.07) is 7.93. The second-order valence-corrected chi connectivity index (χ2v) is 6.60. The summed E-state index contributed by atoms with van der Waals surface area (Å²) >= 11 is 1.88. The third-order valence-electron chi connectivity index (χ3n) is 3.95. The number of nitrogens with one attached hydrogen (secondary N) is 2. The molecular formula is C15H20N2O2S. The Balaban J connectivity index is 1.61.